The predicted molar refractivity (Wildman–Crippen MR) is 321 cm³/mol. The first-order valence-corrected chi connectivity index (χ1v) is 34.4. The molecule has 1 N–H and O–H groups in total. The van der Waals surface area contributed by atoms with E-state index in [0.717, 1.165) is 38.5 Å². The predicted octanol–water partition coefficient (Wildman–Crippen LogP) is 20.8. The van der Waals surface area contributed by atoms with Crippen molar-refractivity contribution in [2.75, 3.05) is 47.5 Å². The number of phosphoric ester groups is 1. The van der Waals surface area contributed by atoms with Crippen LogP contribution in [0.2, 0.25) is 0 Å². The van der Waals surface area contributed by atoms with Gasteiger partial charge in [-0.05, 0) is 38.5 Å². The third kappa shape index (κ3) is 61.8. The van der Waals surface area contributed by atoms with Crippen LogP contribution < -0.4 is 0 Å². The van der Waals surface area contributed by atoms with Gasteiger partial charge in [-0.15, -0.1) is 0 Å². The van der Waals surface area contributed by atoms with Gasteiger partial charge in [-0.1, -0.05) is 302 Å². The second-order valence-electron chi connectivity index (χ2n) is 23.9. The molecule has 10 heteroatoms. The molecule has 0 aliphatic rings. The highest BCUT2D eigenvalue weighted by atomic mass is 31.2. The van der Waals surface area contributed by atoms with Crippen molar-refractivity contribution in [3.63, 3.8) is 0 Å². The molecule has 0 heterocycles. The maximum Gasteiger partial charge on any atom is 0.472 e. The third-order valence-electron chi connectivity index (χ3n) is 15.0. The Balaban J connectivity index is 3.87. The highest BCUT2D eigenvalue weighted by Crippen LogP contribution is 2.43. The fourth-order valence-corrected chi connectivity index (χ4v) is 10.7. The van der Waals surface area contributed by atoms with E-state index in [1.54, 1.807) is 0 Å². The average molecular weight is 1080 g/mol. The molecular formula is C65H129NO8P+. The van der Waals surface area contributed by atoms with Crippen LogP contribution in [-0.2, 0) is 32.7 Å². The average Bonchev–Trinajstić information content (AvgIpc) is 3.37. The number of quaternary nitrogens is 1. The summed E-state index contributed by atoms with van der Waals surface area (Å²) >= 11 is 0. The molecule has 0 aliphatic carbocycles. The Morgan fingerprint density at radius 2 is 0.680 bits per heavy atom. The van der Waals surface area contributed by atoms with Crippen LogP contribution in [0.15, 0.2) is 12.2 Å². The van der Waals surface area contributed by atoms with Gasteiger partial charge >= 0.3 is 19.8 Å². The zero-order valence-corrected chi connectivity index (χ0v) is 51.7. The zero-order chi connectivity index (χ0) is 54.9. The topological polar surface area (TPSA) is 108 Å². The van der Waals surface area contributed by atoms with Crippen LogP contribution >= 0.6 is 7.82 Å². The van der Waals surface area contributed by atoms with Crippen molar-refractivity contribution in [2.45, 2.75) is 347 Å². The molecule has 0 fully saturated rings. The normalized spacial score (nSPS) is 13.2. The van der Waals surface area contributed by atoms with Gasteiger partial charge in [0.15, 0.2) is 6.10 Å². The molecule has 446 valence electrons. The van der Waals surface area contributed by atoms with Crippen molar-refractivity contribution in [3.05, 3.63) is 12.2 Å². The van der Waals surface area contributed by atoms with Crippen molar-refractivity contribution in [1.82, 2.24) is 0 Å². The van der Waals surface area contributed by atoms with Crippen LogP contribution in [0.25, 0.3) is 0 Å². The monoisotopic (exact) mass is 1080 g/mol. The number of hydrogen-bond acceptors (Lipinski definition) is 7. The number of carbonyl (C=O) groups is 2. The molecular weight excluding hydrogens is 954 g/mol. The van der Waals surface area contributed by atoms with Gasteiger partial charge in [0.25, 0.3) is 0 Å². The van der Waals surface area contributed by atoms with Crippen molar-refractivity contribution >= 4 is 19.8 Å². The number of nitrogens with zero attached hydrogens (tertiary/aromatic N) is 1. The maximum absolute atomic E-state index is 12.8. The van der Waals surface area contributed by atoms with Gasteiger partial charge in [0, 0.05) is 12.8 Å². The van der Waals surface area contributed by atoms with Gasteiger partial charge in [0.2, 0.25) is 0 Å². The quantitative estimate of drug-likeness (QED) is 0.0211. The van der Waals surface area contributed by atoms with E-state index in [9.17, 15) is 19.0 Å². The summed E-state index contributed by atoms with van der Waals surface area (Å²) in [4.78, 5) is 35.7. The van der Waals surface area contributed by atoms with Gasteiger partial charge in [0.05, 0.1) is 27.7 Å². The molecule has 0 saturated heterocycles. The second kappa shape index (κ2) is 57.4. The Kier molecular flexibility index (Phi) is 56.5. The minimum Gasteiger partial charge on any atom is -0.462 e. The third-order valence-corrected chi connectivity index (χ3v) is 16.0. The fraction of sp³-hybridized carbons (Fsp3) is 0.938. The summed E-state index contributed by atoms with van der Waals surface area (Å²) in [7, 11) is 1.50. The molecule has 9 nitrogen and oxygen atoms in total. The fourth-order valence-electron chi connectivity index (χ4n) is 9.96. The number of likely N-dealkylation sites (N-methyl/N-ethyl adjacent to an activating group) is 1. The second-order valence-corrected chi connectivity index (χ2v) is 25.3. The summed E-state index contributed by atoms with van der Waals surface area (Å²) in [6.45, 7) is 4.49. The highest BCUT2D eigenvalue weighted by molar-refractivity contribution is 7.47. The minimum atomic E-state index is -4.38. The van der Waals surface area contributed by atoms with Crippen molar-refractivity contribution < 1.29 is 42.1 Å². The van der Waals surface area contributed by atoms with Crippen LogP contribution in [0.4, 0.5) is 0 Å². The van der Waals surface area contributed by atoms with Crippen LogP contribution in [0, 0.1) is 0 Å². The van der Waals surface area contributed by atoms with E-state index in [-0.39, 0.29) is 25.6 Å². The van der Waals surface area contributed by atoms with Crippen LogP contribution in [-0.4, -0.2) is 74.9 Å². The van der Waals surface area contributed by atoms with E-state index >= 15 is 0 Å². The van der Waals surface area contributed by atoms with E-state index < -0.39 is 26.5 Å². The highest BCUT2D eigenvalue weighted by Gasteiger charge is 2.27. The summed E-state index contributed by atoms with van der Waals surface area (Å²) in [5.41, 5.74) is 0. The molecule has 0 saturated carbocycles. The molecule has 0 radical (unpaired) electrons. The lowest BCUT2D eigenvalue weighted by Gasteiger charge is -2.24. The van der Waals surface area contributed by atoms with Gasteiger partial charge in [-0.2, -0.15) is 0 Å². The number of phosphoric acid groups is 1. The number of ether oxygens (including phenoxy) is 2. The Morgan fingerprint density at radius 3 is 0.987 bits per heavy atom. The summed E-state index contributed by atoms with van der Waals surface area (Å²) in [5, 5.41) is 0. The first-order chi connectivity index (χ1) is 36.5. The van der Waals surface area contributed by atoms with Crippen molar-refractivity contribution in [2.24, 2.45) is 0 Å². The van der Waals surface area contributed by atoms with Crippen molar-refractivity contribution in [1.29, 1.82) is 0 Å². The molecule has 0 aromatic rings. The first-order valence-electron chi connectivity index (χ1n) is 32.9. The molecule has 0 aromatic heterocycles. The lowest BCUT2D eigenvalue weighted by atomic mass is 10.0. The largest absolute Gasteiger partial charge is 0.472 e. The van der Waals surface area contributed by atoms with Crippen LogP contribution in [0.5, 0.6) is 0 Å². The SMILES string of the molecule is CCCCCCCCCC/C=C\CCCCCCCCCCCCCCCCCCCCCCCCCCCC(=O)OC(COC(=O)CCCCCCCCCCCCCCCC)COP(=O)(O)OCC[N+](C)(C)C. The van der Waals surface area contributed by atoms with Gasteiger partial charge in [0.1, 0.15) is 19.8 Å². The van der Waals surface area contributed by atoms with Gasteiger partial charge in [-0.3, -0.25) is 18.6 Å². The van der Waals surface area contributed by atoms with Crippen molar-refractivity contribution in [3.8, 4) is 0 Å². The van der Waals surface area contributed by atoms with Crippen LogP contribution in [0.3, 0.4) is 0 Å². The van der Waals surface area contributed by atoms with E-state index in [4.69, 9.17) is 18.5 Å². The molecule has 2 atom stereocenters. The molecule has 0 bridgehead atoms. The number of esters is 2. The Bertz CT molecular complexity index is 1270. The molecule has 0 rings (SSSR count). The lowest BCUT2D eigenvalue weighted by molar-refractivity contribution is -0.870. The summed E-state index contributed by atoms with van der Waals surface area (Å²) < 4.78 is 34.6. The lowest BCUT2D eigenvalue weighted by Crippen LogP contribution is -2.37. The van der Waals surface area contributed by atoms with Gasteiger partial charge < -0.3 is 18.9 Å². The summed E-state index contributed by atoms with van der Waals surface area (Å²) in [6, 6.07) is 0. The maximum atomic E-state index is 12.8. The number of allylic oxidation sites excluding steroid dienone is 2. The number of rotatable bonds is 62. The summed E-state index contributed by atoms with van der Waals surface area (Å²) in [6.07, 6.45) is 69.0. The molecule has 0 spiro atoms. The van der Waals surface area contributed by atoms with Gasteiger partial charge in [-0.25, -0.2) is 4.57 Å². The minimum absolute atomic E-state index is 0.0366. The van der Waals surface area contributed by atoms with E-state index in [1.807, 2.05) is 21.1 Å². The Labute approximate surface area is 466 Å². The van der Waals surface area contributed by atoms with E-state index in [0.29, 0.717) is 17.4 Å². The molecule has 0 aromatic carbocycles. The molecule has 2 unspecified atom stereocenters. The standard InChI is InChI=1S/C65H128NO8P/c1-6-8-10-12-14-16-18-20-22-23-24-25-26-27-28-29-30-31-32-33-34-35-36-37-38-39-40-41-42-43-44-46-48-50-52-54-56-58-65(68)74-63(62-73-75(69,70)72-60-59-66(3,4)5)61-71-64(67)57-55-53-51-49-47-45-21-19-17-15-13-11-9-7-2/h23-24,63H,6-22,25-62H2,1-5H3/p+1/b24-23-. The number of unbranched alkanes of at least 4 members (excludes halogenated alkanes) is 46. The Morgan fingerprint density at radius 1 is 0.400 bits per heavy atom. The number of carbonyl (C=O) groups excluding carboxylic acids is 2. The molecule has 75 heavy (non-hydrogen) atoms. The zero-order valence-electron chi connectivity index (χ0n) is 50.8. The van der Waals surface area contributed by atoms with E-state index in [1.165, 1.54) is 276 Å². The van der Waals surface area contributed by atoms with E-state index in [2.05, 4.69) is 26.0 Å². The number of hydrogen-bond donors (Lipinski definition) is 1. The Hall–Kier alpha value is -1.25. The molecule has 0 amide bonds. The molecule has 0 aliphatic heterocycles. The first kappa shape index (κ1) is 73.8. The summed E-state index contributed by atoms with van der Waals surface area (Å²) in [5.74, 6) is -0.775. The van der Waals surface area contributed by atoms with Crippen LogP contribution in [0.1, 0.15) is 341 Å². The smallest absolute Gasteiger partial charge is 0.462 e.